The summed E-state index contributed by atoms with van der Waals surface area (Å²) in [6.45, 7) is 6.71. The Hall–Kier alpha value is 0.0100. The van der Waals surface area contributed by atoms with Gasteiger partial charge in [0.1, 0.15) is 0 Å². The van der Waals surface area contributed by atoms with E-state index in [-0.39, 0.29) is 11.9 Å². The molecular weight excluding hydrogens is 158 g/mol. The van der Waals surface area contributed by atoms with Gasteiger partial charge in [0.25, 0.3) is 0 Å². The van der Waals surface area contributed by atoms with Crippen LogP contribution in [-0.4, -0.2) is 35.8 Å². The highest BCUT2D eigenvalue weighted by Crippen LogP contribution is 2.09. The number of aliphatic hydroxyl groups excluding tert-OH is 1. The SMILES string of the molecule is C=CCNC(C)C(CO)SC. The third-order valence-corrected chi connectivity index (χ3v) is 2.79. The fraction of sp³-hybridized carbons (Fsp3) is 0.750. The van der Waals surface area contributed by atoms with Crippen LogP contribution in [0.3, 0.4) is 0 Å². The highest BCUT2D eigenvalue weighted by atomic mass is 32.2. The number of thioether (sulfide) groups is 1. The molecule has 2 unspecified atom stereocenters. The second-order valence-electron chi connectivity index (χ2n) is 2.44. The second kappa shape index (κ2) is 6.70. The van der Waals surface area contributed by atoms with Crippen LogP contribution in [0.1, 0.15) is 6.92 Å². The average molecular weight is 175 g/mol. The number of hydrogen-bond acceptors (Lipinski definition) is 3. The van der Waals surface area contributed by atoms with Crippen molar-refractivity contribution in [1.29, 1.82) is 0 Å². The van der Waals surface area contributed by atoms with E-state index in [1.165, 1.54) is 0 Å². The van der Waals surface area contributed by atoms with E-state index in [0.717, 1.165) is 6.54 Å². The first kappa shape index (κ1) is 11.0. The van der Waals surface area contributed by atoms with Crippen molar-refractivity contribution in [3.63, 3.8) is 0 Å². The zero-order valence-electron chi connectivity index (χ0n) is 7.21. The van der Waals surface area contributed by atoms with Crippen molar-refractivity contribution in [2.45, 2.75) is 18.2 Å². The molecule has 0 saturated heterocycles. The molecule has 2 atom stereocenters. The lowest BCUT2D eigenvalue weighted by Crippen LogP contribution is -2.37. The zero-order valence-corrected chi connectivity index (χ0v) is 8.03. The predicted octanol–water partition coefficient (Wildman–Crippen LogP) is 0.874. The minimum atomic E-state index is 0.229. The summed E-state index contributed by atoms with van der Waals surface area (Å²) in [5, 5.41) is 12.4. The fourth-order valence-corrected chi connectivity index (χ4v) is 1.49. The lowest BCUT2D eigenvalue weighted by atomic mass is 10.2. The molecule has 0 amide bonds. The fourth-order valence-electron chi connectivity index (χ4n) is 0.837. The first-order chi connectivity index (χ1) is 5.26. The molecular formula is C8H17NOS. The van der Waals surface area contributed by atoms with Crippen LogP contribution < -0.4 is 5.32 Å². The van der Waals surface area contributed by atoms with Crippen LogP contribution in [0.25, 0.3) is 0 Å². The molecule has 0 aliphatic heterocycles. The Labute approximate surface area is 73.1 Å². The monoisotopic (exact) mass is 175 g/mol. The van der Waals surface area contributed by atoms with Crippen LogP contribution in [0, 0.1) is 0 Å². The van der Waals surface area contributed by atoms with Crippen molar-refractivity contribution in [3.8, 4) is 0 Å². The van der Waals surface area contributed by atoms with Crippen LogP contribution >= 0.6 is 11.8 Å². The van der Waals surface area contributed by atoms with Gasteiger partial charge in [-0.2, -0.15) is 11.8 Å². The summed E-state index contributed by atoms with van der Waals surface area (Å²) in [5.74, 6) is 0. The van der Waals surface area contributed by atoms with Crippen LogP contribution in [0.15, 0.2) is 12.7 Å². The molecule has 3 heteroatoms. The van der Waals surface area contributed by atoms with E-state index < -0.39 is 0 Å². The van der Waals surface area contributed by atoms with Gasteiger partial charge in [0.2, 0.25) is 0 Å². The van der Waals surface area contributed by atoms with Gasteiger partial charge in [-0.05, 0) is 13.2 Å². The Morgan fingerprint density at radius 2 is 2.36 bits per heavy atom. The summed E-state index contributed by atoms with van der Waals surface area (Å²) in [5.41, 5.74) is 0. The van der Waals surface area contributed by atoms with Crippen molar-refractivity contribution < 1.29 is 5.11 Å². The largest absolute Gasteiger partial charge is 0.395 e. The summed E-state index contributed by atoms with van der Waals surface area (Å²) in [4.78, 5) is 0. The van der Waals surface area contributed by atoms with E-state index in [4.69, 9.17) is 5.11 Å². The Balaban J connectivity index is 3.59. The number of nitrogens with one attached hydrogen (secondary N) is 1. The van der Waals surface area contributed by atoms with Gasteiger partial charge in [0.15, 0.2) is 0 Å². The maximum atomic E-state index is 8.91. The van der Waals surface area contributed by atoms with Crippen LogP contribution in [0.2, 0.25) is 0 Å². The van der Waals surface area contributed by atoms with Crippen molar-refractivity contribution in [3.05, 3.63) is 12.7 Å². The molecule has 0 aromatic carbocycles. The Morgan fingerprint density at radius 3 is 2.73 bits per heavy atom. The van der Waals surface area contributed by atoms with Gasteiger partial charge in [0.05, 0.1) is 6.61 Å². The molecule has 0 spiro atoms. The van der Waals surface area contributed by atoms with Crippen LogP contribution in [-0.2, 0) is 0 Å². The van der Waals surface area contributed by atoms with E-state index in [9.17, 15) is 0 Å². The maximum Gasteiger partial charge on any atom is 0.0564 e. The van der Waals surface area contributed by atoms with Crippen molar-refractivity contribution >= 4 is 11.8 Å². The van der Waals surface area contributed by atoms with Gasteiger partial charge in [-0.25, -0.2) is 0 Å². The smallest absolute Gasteiger partial charge is 0.0564 e. The number of aliphatic hydroxyl groups is 1. The predicted molar refractivity (Wildman–Crippen MR) is 52.1 cm³/mol. The molecule has 0 fully saturated rings. The molecule has 0 radical (unpaired) electrons. The molecule has 0 saturated carbocycles. The van der Waals surface area contributed by atoms with Gasteiger partial charge >= 0.3 is 0 Å². The third-order valence-electron chi connectivity index (χ3n) is 1.62. The highest BCUT2D eigenvalue weighted by molar-refractivity contribution is 7.99. The average Bonchev–Trinajstić information content (AvgIpc) is 2.03. The molecule has 0 aromatic heterocycles. The summed E-state index contributed by atoms with van der Waals surface area (Å²) in [6, 6.07) is 0.341. The molecule has 0 aromatic rings. The minimum absolute atomic E-state index is 0.229. The lowest BCUT2D eigenvalue weighted by molar-refractivity contribution is 0.277. The Morgan fingerprint density at radius 1 is 1.73 bits per heavy atom. The van der Waals surface area contributed by atoms with Crippen LogP contribution in [0.5, 0.6) is 0 Å². The Kier molecular flexibility index (Phi) is 6.71. The molecule has 0 aliphatic rings. The van der Waals surface area contributed by atoms with E-state index in [2.05, 4.69) is 18.8 Å². The van der Waals surface area contributed by atoms with Gasteiger partial charge in [0, 0.05) is 17.8 Å². The van der Waals surface area contributed by atoms with E-state index in [1.54, 1.807) is 11.8 Å². The summed E-state index contributed by atoms with van der Waals surface area (Å²) in [6.07, 6.45) is 3.83. The standard InChI is InChI=1S/C8H17NOS/c1-4-5-9-7(2)8(6-10)11-3/h4,7-10H,1,5-6H2,2-3H3. The molecule has 0 bridgehead atoms. The molecule has 0 heterocycles. The van der Waals surface area contributed by atoms with Crippen molar-refractivity contribution in [1.82, 2.24) is 5.32 Å². The van der Waals surface area contributed by atoms with Gasteiger partial charge < -0.3 is 10.4 Å². The summed E-state index contributed by atoms with van der Waals surface area (Å²) < 4.78 is 0. The Bertz CT molecular complexity index is 104. The highest BCUT2D eigenvalue weighted by Gasteiger charge is 2.12. The quantitative estimate of drug-likeness (QED) is 0.588. The van der Waals surface area contributed by atoms with E-state index >= 15 is 0 Å². The van der Waals surface area contributed by atoms with Gasteiger partial charge in [-0.15, -0.1) is 6.58 Å². The van der Waals surface area contributed by atoms with E-state index in [0.29, 0.717) is 6.04 Å². The van der Waals surface area contributed by atoms with Crippen LogP contribution in [0.4, 0.5) is 0 Å². The van der Waals surface area contributed by atoms with Gasteiger partial charge in [-0.3, -0.25) is 0 Å². The first-order valence-corrected chi connectivity index (χ1v) is 5.03. The lowest BCUT2D eigenvalue weighted by Gasteiger charge is -2.20. The third kappa shape index (κ3) is 4.45. The van der Waals surface area contributed by atoms with Crippen molar-refractivity contribution in [2.75, 3.05) is 19.4 Å². The summed E-state index contributed by atoms with van der Waals surface area (Å²) >= 11 is 1.68. The van der Waals surface area contributed by atoms with Gasteiger partial charge in [-0.1, -0.05) is 6.08 Å². The van der Waals surface area contributed by atoms with Crippen molar-refractivity contribution in [2.24, 2.45) is 0 Å². The molecule has 0 aliphatic carbocycles. The van der Waals surface area contributed by atoms with E-state index in [1.807, 2.05) is 12.3 Å². The number of rotatable bonds is 6. The first-order valence-electron chi connectivity index (χ1n) is 3.74. The molecule has 2 N–H and O–H groups in total. The topological polar surface area (TPSA) is 32.3 Å². The molecule has 0 rings (SSSR count). The maximum absolute atomic E-state index is 8.91. The molecule has 66 valence electrons. The minimum Gasteiger partial charge on any atom is -0.395 e. The molecule has 11 heavy (non-hydrogen) atoms. The molecule has 2 nitrogen and oxygen atoms in total. The summed E-state index contributed by atoms with van der Waals surface area (Å²) in [7, 11) is 0. The normalized spacial score (nSPS) is 15.9. The number of hydrogen-bond donors (Lipinski definition) is 2. The second-order valence-corrected chi connectivity index (χ2v) is 3.52. The zero-order chi connectivity index (χ0) is 8.69.